The third kappa shape index (κ3) is 3.61. The number of nitrogens with zero attached hydrogens (tertiary/aromatic N) is 3. The van der Waals surface area contributed by atoms with Crippen molar-refractivity contribution in [1.82, 2.24) is 9.97 Å². The second-order valence-corrected chi connectivity index (χ2v) is 4.64. The quantitative estimate of drug-likeness (QED) is 0.497. The van der Waals surface area contributed by atoms with Gasteiger partial charge in [-0.25, -0.2) is 9.97 Å². The minimum atomic E-state index is 0.127. The van der Waals surface area contributed by atoms with Crippen LogP contribution < -0.4 is 10.6 Å². The summed E-state index contributed by atoms with van der Waals surface area (Å²) in [5, 5.41) is 7.22. The van der Waals surface area contributed by atoms with Crippen molar-refractivity contribution in [3.63, 3.8) is 0 Å². The van der Waals surface area contributed by atoms with Crippen molar-refractivity contribution in [2.75, 3.05) is 11.9 Å². The molecule has 1 aromatic rings. The molecule has 0 spiro atoms. The summed E-state index contributed by atoms with van der Waals surface area (Å²) >= 11 is 2.16. The van der Waals surface area contributed by atoms with Crippen LogP contribution in [0, 0.1) is 8.98 Å². The summed E-state index contributed by atoms with van der Waals surface area (Å²) in [6.07, 6.45) is 4.05. The van der Waals surface area contributed by atoms with Crippen molar-refractivity contribution < 1.29 is 0 Å². The van der Waals surface area contributed by atoms with Gasteiger partial charge in [-0.3, -0.25) is 5.41 Å². The molecule has 1 rings (SSSR count). The van der Waals surface area contributed by atoms with Gasteiger partial charge in [0.05, 0.1) is 5.84 Å². The first-order valence-corrected chi connectivity index (χ1v) is 5.62. The summed E-state index contributed by atoms with van der Waals surface area (Å²) in [6.45, 7) is 1.99. The largest absolute Gasteiger partial charge is 0.388 e. The van der Waals surface area contributed by atoms with Gasteiger partial charge in [0.15, 0.2) is 0 Å². The molecule has 6 heteroatoms. The first-order valence-electron chi connectivity index (χ1n) is 4.54. The number of hydrogen-bond acceptors (Lipinski definition) is 4. The van der Waals surface area contributed by atoms with Crippen molar-refractivity contribution in [1.29, 1.82) is 5.41 Å². The highest BCUT2D eigenvalue weighted by Crippen LogP contribution is 2.11. The van der Waals surface area contributed by atoms with Crippen LogP contribution in [0.3, 0.4) is 0 Å². The van der Waals surface area contributed by atoms with Gasteiger partial charge in [0, 0.05) is 35.5 Å². The van der Waals surface area contributed by atoms with Gasteiger partial charge in [-0.05, 0) is 29.5 Å². The summed E-state index contributed by atoms with van der Waals surface area (Å²) in [4.78, 5) is 10.3. The van der Waals surface area contributed by atoms with E-state index >= 15 is 0 Å². The maximum Gasteiger partial charge on any atom is 0.225 e. The molecule has 1 aromatic heterocycles. The Balaban J connectivity index is 2.71. The van der Waals surface area contributed by atoms with Gasteiger partial charge in [-0.1, -0.05) is 0 Å². The van der Waals surface area contributed by atoms with Crippen molar-refractivity contribution in [3.05, 3.63) is 16.0 Å². The van der Waals surface area contributed by atoms with Gasteiger partial charge in [0.1, 0.15) is 0 Å². The molecule has 0 aliphatic heterocycles. The average molecular weight is 319 g/mol. The minimum Gasteiger partial charge on any atom is -0.388 e. The lowest BCUT2D eigenvalue weighted by molar-refractivity contribution is 0.688. The molecule has 1 atom stereocenters. The Hall–Kier alpha value is -0.920. The maximum atomic E-state index is 7.22. The normalized spacial score (nSPS) is 12.2. The van der Waals surface area contributed by atoms with E-state index in [1.807, 2.05) is 18.9 Å². The first kappa shape index (κ1) is 12.2. The third-order valence-electron chi connectivity index (χ3n) is 2.10. The predicted octanol–water partition coefficient (Wildman–Crippen LogP) is 1.23. The highest BCUT2D eigenvalue weighted by Gasteiger charge is 2.12. The topological polar surface area (TPSA) is 78.9 Å². The summed E-state index contributed by atoms with van der Waals surface area (Å²) in [6, 6.07) is 0.127. The summed E-state index contributed by atoms with van der Waals surface area (Å²) in [7, 11) is 1.90. The van der Waals surface area contributed by atoms with E-state index in [0.717, 1.165) is 3.57 Å². The zero-order valence-electron chi connectivity index (χ0n) is 8.74. The van der Waals surface area contributed by atoms with Gasteiger partial charge in [-0.15, -0.1) is 0 Å². The molecule has 0 saturated heterocycles. The van der Waals surface area contributed by atoms with Crippen molar-refractivity contribution in [3.8, 4) is 0 Å². The fourth-order valence-corrected chi connectivity index (χ4v) is 1.42. The average Bonchev–Trinajstić information content (AvgIpc) is 2.17. The molecule has 3 N–H and O–H groups in total. The van der Waals surface area contributed by atoms with E-state index in [1.165, 1.54) is 0 Å². The monoisotopic (exact) mass is 319 g/mol. The van der Waals surface area contributed by atoms with Crippen LogP contribution in [0.1, 0.15) is 13.3 Å². The molecule has 0 radical (unpaired) electrons. The molecule has 0 aromatic carbocycles. The van der Waals surface area contributed by atoms with E-state index in [2.05, 4.69) is 32.6 Å². The Bertz CT molecular complexity index is 337. The van der Waals surface area contributed by atoms with Crippen molar-refractivity contribution in [2.45, 2.75) is 19.4 Å². The lowest BCUT2D eigenvalue weighted by Gasteiger charge is -2.24. The van der Waals surface area contributed by atoms with Crippen LogP contribution in [0.2, 0.25) is 0 Å². The SMILES string of the molecule is CC(CC(=N)N)N(C)c1ncc(I)cn1. The fourth-order valence-electron chi connectivity index (χ4n) is 1.14. The Kier molecular flexibility index (Phi) is 4.25. The second kappa shape index (κ2) is 5.24. The Morgan fingerprint density at radius 1 is 1.60 bits per heavy atom. The number of amidine groups is 1. The van der Waals surface area contributed by atoms with Crippen molar-refractivity contribution in [2.24, 2.45) is 5.73 Å². The van der Waals surface area contributed by atoms with Crippen LogP contribution in [0.15, 0.2) is 12.4 Å². The molecule has 1 heterocycles. The van der Waals surface area contributed by atoms with Crippen LogP contribution in [0.4, 0.5) is 5.95 Å². The number of anilines is 1. The highest BCUT2D eigenvalue weighted by molar-refractivity contribution is 14.1. The van der Waals surface area contributed by atoms with Gasteiger partial charge >= 0.3 is 0 Å². The Labute approximate surface area is 103 Å². The van der Waals surface area contributed by atoms with Crippen LogP contribution in [0.5, 0.6) is 0 Å². The molecule has 82 valence electrons. The van der Waals surface area contributed by atoms with Gasteiger partial charge in [0.2, 0.25) is 5.95 Å². The lowest BCUT2D eigenvalue weighted by atomic mass is 10.2. The minimum absolute atomic E-state index is 0.127. The number of nitrogens with two attached hydrogens (primary N) is 1. The molecule has 0 saturated carbocycles. The van der Waals surface area contributed by atoms with Crippen LogP contribution in [-0.4, -0.2) is 28.9 Å². The molecule has 1 unspecified atom stereocenters. The van der Waals surface area contributed by atoms with Crippen LogP contribution in [-0.2, 0) is 0 Å². The van der Waals surface area contributed by atoms with Crippen LogP contribution in [0.25, 0.3) is 0 Å². The molecule has 0 aliphatic carbocycles. The zero-order valence-corrected chi connectivity index (χ0v) is 10.9. The van der Waals surface area contributed by atoms with Gasteiger partial charge < -0.3 is 10.6 Å². The first-order chi connectivity index (χ1) is 7.00. The lowest BCUT2D eigenvalue weighted by Crippen LogP contribution is -2.33. The van der Waals surface area contributed by atoms with E-state index in [1.54, 1.807) is 12.4 Å². The third-order valence-corrected chi connectivity index (χ3v) is 2.66. The number of rotatable bonds is 4. The van der Waals surface area contributed by atoms with E-state index in [0.29, 0.717) is 12.4 Å². The summed E-state index contributed by atoms with van der Waals surface area (Å²) < 4.78 is 1.00. The van der Waals surface area contributed by atoms with E-state index in [9.17, 15) is 0 Å². The van der Waals surface area contributed by atoms with Gasteiger partial charge in [-0.2, -0.15) is 0 Å². The number of hydrogen-bond donors (Lipinski definition) is 2. The van der Waals surface area contributed by atoms with Crippen LogP contribution >= 0.6 is 22.6 Å². The smallest absolute Gasteiger partial charge is 0.225 e. The fraction of sp³-hybridized carbons (Fsp3) is 0.444. The summed E-state index contributed by atoms with van der Waals surface area (Å²) in [5.41, 5.74) is 5.35. The van der Waals surface area contributed by atoms with E-state index in [4.69, 9.17) is 11.1 Å². The molecule has 0 bridgehead atoms. The predicted molar refractivity (Wildman–Crippen MR) is 69.1 cm³/mol. The summed E-state index contributed by atoms with van der Waals surface area (Å²) in [5.74, 6) is 0.837. The van der Waals surface area contributed by atoms with E-state index < -0.39 is 0 Å². The highest BCUT2D eigenvalue weighted by atomic mass is 127. The number of nitrogens with one attached hydrogen (secondary N) is 1. The Morgan fingerprint density at radius 2 is 2.13 bits per heavy atom. The Morgan fingerprint density at radius 3 is 2.60 bits per heavy atom. The molecular weight excluding hydrogens is 305 g/mol. The molecule has 15 heavy (non-hydrogen) atoms. The van der Waals surface area contributed by atoms with Gasteiger partial charge in [0.25, 0.3) is 0 Å². The molecular formula is C9H14IN5. The number of aromatic nitrogens is 2. The maximum absolute atomic E-state index is 7.22. The van der Waals surface area contributed by atoms with E-state index in [-0.39, 0.29) is 11.9 Å². The number of halogens is 1. The molecule has 0 aliphatic rings. The molecule has 0 fully saturated rings. The molecule has 5 nitrogen and oxygen atoms in total. The zero-order chi connectivity index (χ0) is 11.4. The van der Waals surface area contributed by atoms with Crippen molar-refractivity contribution >= 4 is 34.4 Å². The molecule has 0 amide bonds. The second-order valence-electron chi connectivity index (χ2n) is 3.39. The standard InChI is InChI=1S/C9H14IN5/c1-6(3-8(11)12)15(2)9-13-4-7(10)5-14-9/h4-6H,3H2,1-2H3,(H3,11,12).